The molecule has 2 aliphatic heterocycles. The van der Waals surface area contributed by atoms with Gasteiger partial charge in [0.25, 0.3) is 0 Å². The summed E-state index contributed by atoms with van der Waals surface area (Å²) < 4.78 is 0. The van der Waals surface area contributed by atoms with Gasteiger partial charge in [0, 0.05) is 36.8 Å². The van der Waals surface area contributed by atoms with Crippen LogP contribution in [-0.2, 0) is 11.2 Å². The number of benzene rings is 1. The third-order valence-electron chi connectivity index (χ3n) is 3.86. The number of nitrogens with two attached hydrogens (primary N) is 1. The maximum Gasteiger partial charge on any atom is 0.231 e. The number of carbonyl (C=O) groups is 1. The zero-order chi connectivity index (χ0) is 14.7. The lowest BCUT2D eigenvalue weighted by Gasteiger charge is -2.27. The van der Waals surface area contributed by atoms with Gasteiger partial charge in [-0.2, -0.15) is 11.8 Å². The van der Waals surface area contributed by atoms with Gasteiger partial charge < -0.3 is 15.5 Å². The molecule has 1 aromatic carbocycles. The van der Waals surface area contributed by atoms with E-state index in [1.807, 2.05) is 40.9 Å². The molecule has 0 aliphatic carbocycles. The highest BCUT2D eigenvalue weighted by Crippen LogP contribution is 2.27. The fourth-order valence-electron chi connectivity index (χ4n) is 2.72. The number of fused-ring (bicyclic) bond motifs is 1. The third-order valence-corrected chi connectivity index (χ3v) is 4.80. The summed E-state index contributed by atoms with van der Waals surface area (Å²) in [5.41, 5.74) is 8.15. The molecule has 1 saturated heterocycles. The fourth-order valence-corrected chi connectivity index (χ4v) is 3.62. The van der Waals surface area contributed by atoms with Crippen LogP contribution in [0.4, 0.5) is 5.69 Å². The lowest BCUT2D eigenvalue weighted by molar-refractivity contribution is -0.117. The molecule has 7 heteroatoms. The van der Waals surface area contributed by atoms with Gasteiger partial charge >= 0.3 is 0 Å². The van der Waals surface area contributed by atoms with E-state index >= 15 is 0 Å². The molecule has 1 fully saturated rings. The van der Waals surface area contributed by atoms with E-state index in [0.29, 0.717) is 25.5 Å². The number of hydrogen-bond acceptors (Lipinski definition) is 3. The molecule has 0 aromatic heterocycles. The Bertz CT molecular complexity index is 560. The maximum absolute atomic E-state index is 12.0. The van der Waals surface area contributed by atoms with Gasteiger partial charge in [-0.3, -0.25) is 9.79 Å². The van der Waals surface area contributed by atoms with Crippen LogP contribution in [0, 0.1) is 0 Å². The van der Waals surface area contributed by atoms with Crippen LogP contribution >= 0.6 is 35.7 Å². The second-order valence-corrected chi connectivity index (χ2v) is 6.41. The minimum atomic E-state index is 0. The van der Waals surface area contributed by atoms with E-state index in [9.17, 15) is 4.79 Å². The number of thioether (sulfide) groups is 1. The van der Waals surface area contributed by atoms with Crippen molar-refractivity contribution in [2.75, 3.05) is 42.6 Å². The number of rotatable bonds is 3. The van der Waals surface area contributed by atoms with Gasteiger partial charge in [0.1, 0.15) is 0 Å². The number of halogens is 1. The Hall–Kier alpha value is -0.960. The minimum absolute atomic E-state index is 0. The Kier molecular flexibility index (Phi) is 6.37. The van der Waals surface area contributed by atoms with Gasteiger partial charge in [0.05, 0.1) is 13.0 Å². The second-order valence-electron chi connectivity index (χ2n) is 5.19. The summed E-state index contributed by atoms with van der Waals surface area (Å²) in [5, 5.41) is 0. The molecule has 2 heterocycles. The molecule has 0 spiro atoms. The molecule has 0 saturated carbocycles. The van der Waals surface area contributed by atoms with E-state index in [-0.39, 0.29) is 29.9 Å². The van der Waals surface area contributed by atoms with E-state index in [1.54, 1.807) is 0 Å². The normalized spacial score (nSPS) is 18.2. The molecule has 0 unspecified atom stereocenters. The number of carbonyl (C=O) groups excluding carboxylic acids is 1. The van der Waals surface area contributed by atoms with Crippen LogP contribution in [0.1, 0.15) is 5.56 Å². The molecule has 2 N–H and O–H groups in total. The summed E-state index contributed by atoms with van der Waals surface area (Å²) in [6.07, 6.45) is 0.499. The van der Waals surface area contributed by atoms with E-state index in [2.05, 4.69) is 9.89 Å². The molecular formula is C15H21IN4OS. The summed E-state index contributed by atoms with van der Waals surface area (Å²) in [6, 6.07) is 7.94. The number of nitrogens with zero attached hydrogens (tertiary/aromatic N) is 3. The second kappa shape index (κ2) is 8.05. The summed E-state index contributed by atoms with van der Waals surface area (Å²) in [7, 11) is 0. The van der Waals surface area contributed by atoms with E-state index in [1.165, 1.54) is 0 Å². The van der Waals surface area contributed by atoms with Crippen LogP contribution in [0.3, 0.4) is 0 Å². The SMILES string of the molecule is I.NC(=NCCN1C(=O)Cc2ccccc21)N1CCSCC1. The molecule has 22 heavy (non-hydrogen) atoms. The van der Waals surface area contributed by atoms with Gasteiger partial charge in [-0.15, -0.1) is 24.0 Å². The molecule has 5 nitrogen and oxygen atoms in total. The van der Waals surface area contributed by atoms with Gasteiger partial charge in [-0.25, -0.2) is 0 Å². The average molecular weight is 432 g/mol. The summed E-state index contributed by atoms with van der Waals surface area (Å²) in [6.45, 7) is 3.08. The van der Waals surface area contributed by atoms with Crippen LogP contribution in [0.25, 0.3) is 0 Å². The van der Waals surface area contributed by atoms with Crippen molar-refractivity contribution in [1.29, 1.82) is 0 Å². The Labute approximate surface area is 152 Å². The summed E-state index contributed by atoms with van der Waals surface area (Å²) in [5.74, 6) is 2.97. The highest BCUT2D eigenvalue weighted by atomic mass is 127. The van der Waals surface area contributed by atoms with Gasteiger partial charge in [0.15, 0.2) is 5.96 Å². The minimum Gasteiger partial charge on any atom is -0.370 e. The van der Waals surface area contributed by atoms with Crippen LogP contribution in [0.15, 0.2) is 29.3 Å². The maximum atomic E-state index is 12.0. The van der Waals surface area contributed by atoms with Crippen LogP contribution in [0.2, 0.25) is 0 Å². The molecule has 0 radical (unpaired) electrons. The molecular weight excluding hydrogens is 411 g/mol. The van der Waals surface area contributed by atoms with Gasteiger partial charge in [0.2, 0.25) is 5.91 Å². The van der Waals surface area contributed by atoms with Crippen molar-refractivity contribution < 1.29 is 4.79 Å². The Morgan fingerprint density at radius 1 is 1.27 bits per heavy atom. The number of para-hydroxylation sites is 1. The monoisotopic (exact) mass is 432 g/mol. The first-order valence-corrected chi connectivity index (χ1v) is 8.42. The predicted octanol–water partition coefficient (Wildman–Crippen LogP) is 1.56. The first-order valence-electron chi connectivity index (χ1n) is 7.26. The topological polar surface area (TPSA) is 61.9 Å². The largest absolute Gasteiger partial charge is 0.370 e. The Morgan fingerprint density at radius 3 is 2.77 bits per heavy atom. The van der Waals surface area contributed by atoms with E-state index < -0.39 is 0 Å². The standard InChI is InChI=1S/C15H20N4OS.HI/c16-15(18-7-9-21-10-8-18)17-5-6-19-13-4-2-1-3-12(13)11-14(19)20;/h1-4H,5-11H2,(H2,16,17);1H. The smallest absolute Gasteiger partial charge is 0.231 e. The average Bonchev–Trinajstić information content (AvgIpc) is 2.84. The first kappa shape index (κ1) is 17.4. The predicted molar refractivity (Wildman–Crippen MR) is 103 cm³/mol. The summed E-state index contributed by atoms with van der Waals surface area (Å²) in [4.78, 5) is 20.4. The zero-order valence-electron chi connectivity index (χ0n) is 12.4. The molecule has 120 valence electrons. The Balaban J connectivity index is 0.00000176. The Morgan fingerprint density at radius 2 is 2.00 bits per heavy atom. The third kappa shape index (κ3) is 3.87. The molecule has 0 bridgehead atoms. The van der Waals surface area contributed by atoms with Crippen LogP contribution in [-0.4, -0.2) is 54.5 Å². The molecule has 3 rings (SSSR count). The van der Waals surface area contributed by atoms with Crippen molar-refractivity contribution in [3.8, 4) is 0 Å². The lowest BCUT2D eigenvalue weighted by Crippen LogP contribution is -2.43. The van der Waals surface area contributed by atoms with Crippen LogP contribution < -0.4 is 10.6 Å². The van der Waals surface area contributed by atoms with Crippen molar-refractivity contribution in [2.24, 2.45) is 10.7 Å². The summed E-state index contributed by atoms with van der Waals surface area (Å²) >= 11 is 1.95. The first-order chi connectivity index (χ1) is 10.3. The van der Waals surface area contributed by atoms with Crippen molar-refractivity contribution in [1.82, 2.24) is 4.90 Å². The van der Waals surface area contributed by atoms with Gasteiger partial charge in [-0.1, -0.05) is 18.2 Å². The van der Waals surface area contributed by atoms with Crippen molar-refractivity contribution >= 4 is 53.3 Å². The molecule has 0 atom stereocenters. The number of anilines is 1. The molecule has 1 aromatic rings. The highest BCUT2D eigenvalue weighted by molar-refractivity contribution is 14.0. The number of amides is 1. The molecule has 1 amide bonds. The van der Waals surface area contributed by atoms with Crippen molar-refractivity contribution in [3.63, 3.8) is 0 Å². The van der Waals surface area contributed by atoms with Crippen molar-refractivity contribution in [2.45, 2.75) is 6.42 Å². The van der Waals surface area contributed by atoms with Crippen LogP contribution in [0.5, 0.6) is 0 Å². The van der Waals surface area contributed by atoms with Crippen molar-refractivity contribution in [3.05, 3.63) is 29.8 Å². The fraction of sp³-hybridized carbons (Fsp3) is 0.467. The quantitative estimate of drug-likeness (QED) is 0.448. The zero-order valence-corrected chi connectivity index (χ0v) is 15.5. The van der Waals surface area contributed by atoms with E-state index in [4.69, 9.17) is 5.73 Å². The number of hydrogen-bond donors (Lipinski definition) is 1. The van der Waals surface area contributed by atoms with E-state index in [0.717, 1.165) is 35.8 Å². The number of aliphatic imine (C=N–C) groups is 1. The van der Waals surface area contributed by atoms with Gasteiger partial charge in [-0.05, 0) is 11.6 Å². The highest BCUT2D eigenvalue weighted by Gasteiger charge is 2.26. The lowest BCUT2D eigenvalue weighted by atomic mass is 10.2. The molecule has 2 aliphatic rings. The number of guanidine groups is 1.